The minimum atomic E-state index is -0.287. The Kier molecular flexibility index (Phi) is 3.64. The largest absolute Gasteiger partial charge is 0.453 e. The van der Waals surface area contributed by atoms with Crippen molar-refractivity contribution in [3.8, 4) is 0 Å². The zero-order valence-electron chi connectivity index (χ0n) is 10.2. The van der Waals surface area contributed by atoms with E-state index in [4.69, 9.17) is 9.47 Å². The van der Waals surface area contributed by atoms with Crippen LogP contribution in [0, 0.1) is 6.92 Å². The molecule has 0 N–H and O–H groups in total. The van der Waals surface area contributed by atoms with Gasteiger partial charge in [0.1, 0.15) is 6.10 Å². The monoisotopic (exact) mass is 235 g/mol. The fourth-order valence-corrected chi connectivity index (χ4v) is 1.93. The second-order valence-electron chi connectivity index (χ2n) is 4.19. The summed E-state index contributed by atoms with van der Waals surface area (Å²) in [6, 6.07) is 8.19. The molecular weight excluding hydrogens is 218 g/mol. The van der Waals surface area contributed by atoms with Gasteiger partial charge in [-0.3, -0.25) is 0 Å². The molecular formula is C13H17NO3. The Morgan fingerprint density at radius 1 is 1.41 bits per heavy atom. The van der Waals surface area contributed by atoms with Gasteiger partial charge in [-0.05, 0) is 12.5 Å². The molecule has 1 amide bonds. The number of carbonyl (C=O) groups is 1. The van der Waals surface area contributed by atoms with Gasteiger partial charge in [-0.25, -0.2) is 4.79 Å². The Morgan fingerprint density at radius 3 is 2.76 bits per heavy atom. The Morgan fingerprint density at radius 2 is 2.12 bits per heavy atom. The lowest BCUT2D eigenvalue weighted by Gasteiger charge is -2.32. The second kappa shape index (κ2) is 5.19. The predicted molar refractivity (Wildman–Crippen MR) is 63.9 cm³/mol. The highest BCUT2D eigenvalue weighted by Crippen LogP contribution is 2.22. The first-order chi connectivity index (χ1) is 8.20. The molecule has 1 aromatic rings. The van der Waals surface area contributed by atoms with E-state index in [-0.39, 0.29) is 12.2 Å². The first-order valence-corrected chi connectivity index (χ1v) is 5.72. The van der Waals surface area contributed by atoms with E-state index in [2.05, 4.69) is 12.1 Å². The van der Waals surface area contributed by atoms with Crippen LogP contribution < -0.4 is 0 Å². The van der Waals surface area contributed by atoms with Crippen LogP contribution >= 0.6 is 0 Å². The van der Waals surface area contributed by atoms with Crippen molar-refractivity contribution in [2.45, 2.75) is 13.0 Å². The van der Waals surface area contributed by atoms with Crippen LogP contribution in [0.3, 0.4) is 0 Å². The van der Waals surface area contributed by atoms with Crippen LogP contribution in [0.2, 0.25) is 0 Å². The van der Waals surface area contributed by atoms with Crippen molar-refractivity contribution in [1.29, 1.82) is 0 Å². The van der Waals surface area contributed by atoms with Crippen molar-refractivity contribution < 1.29 is 14.3 Å². The van der Waals surface area contributed by atoms with E-state index in [0.717, 1.165) is 5.56 Å². The average Bonchev–Trinajstić information content (AvgIpc) is 2.39. The highest BCUT2D eigenvalue weighted by Gasteiger charge is 2.25. The molecule has 1 aliphatic rings. The number of aryl methyl sites for hydroxylation is 1. The van der Waals surface area contributed by atoms with Crippen molar-refractivity contribution in [2.24, 2.45) is 0 Å². The number of rotatable bonds is 1. The van der Waals surface area contributed by atoms with Crippen LogP contribution in [-0.4, -0.2) is 37.8 Å². The van der Waals surface area contributed by atoms with Crippen LogP contribution in [0.25, 0.3) is 0 Å². The van der Waals surface area contributed by atoms with Crippen molar-refractivity contribution in [3.63, 3.8) is 0 Å². The number of nitrogens with zero attached hydrogens (tertiary/aromatic N) is 1. The van der Waals surface area contributed by atoms with E-state index < -0.39 is 0 Å². The first-order valence-electron chi connectivity index (χ1n) is 5.72. The van der Waals surface area contributed by atoms with E-state index in [1.165, 1.54) is 12.7 Å². The van der Waals surface area contributed by atoms with Gasteiger partial charge >= 0.3 is 6.09 Å². The standard InChI is InChI=1S/C13H17NO3/c1-10-3-5-11(6-4-10)12-9-14(7-8-17-12)13(15)16-2/h3-6,12H,7-9H2,1-2H3. The smallest absolute Gasteiger partial charge is 0.409 e. The summed E-state index contributed by atoms with van der Waals surface area (Å²) in [7, 11) is 1.40. The van der Waals surface area contributed by atoms with Crippen LogP contribution in [0.4, 0.5) is 4.79 Å². The number of hydrogen-bond acceptors (Lipinski definition) is 3. The third kappa shape index (κ3) is 2.77. The molecule has 17 heavy (non-hydrogen) atoms. The molecule has 0 radical (unpaired) electrons. The molecule has 0 spiro atoms. The molecule has 0 bridgehead atoms. The van der Waals surface area contributed by atoms with Gasteiger partial charge < -0.3 is 14.4 Å². The summed E-state index contributed by atoms with van der Waals surface area (Å²) < 4.78 is 10.4. The Hall–Kier alpha value is -1.55. The zero-order chi connectivity index (χ0) is 12.3. The van der Waals surface area contributed by atoms with Crippen LogP contribution in [0.5, 0.6) is 0 Å². The predicted octanol–water partition coefficient (Wildman–Crippen LogP) is 2.13. The van der Waals surface area contributed by atoms with Crippen LogP contribution in [-0.2, 0) is 9.47 Å². The molecule has 1 fully saturated rings. The maximum absolute atomic E-state index is 11.4. The fourth-order valence-electron chi connectivity index (χ4n) is 1.93. The van der Waals surface area contributed by atoms with Crippen molar-refractivity contribution in [2.75, 3.05) is 26.8 Å². The zero-order valence-corrected chi connectivity index (χ0v) is 10.2. The van der Waals surface area contributed by atoms with E-state index >= 15 is 0 Å². The summed E-state index contributed by atoms with van der Waals surface area (Å²) in [5, 5.41) is 0. The molecule has 1 atom stereocenters. The number of hydrogen-bond donors (Lipinski definition) is 0. The lowest BCUT2D eigenvalue weighted by molar-refractivity contribution is -0.0258. The Bertz CT molecular complexity index is 388. The number of methoxy groups -OCH3 is 1. The number of amides is 1. The molecule has 0 saturated carbocycles. The molecule has 0 aromatic heterocycles. The van der Waals surface area contributed by atoms with Crippen molar-refractivity contribution >= 4 is 6.09 Å². The SMILES string of the molecule is COC(=O)N1CCOC(c2ccc(C)cc2)C1. The highest BCUT2D eigenvalue weighted by atomic mass is 16.5. The highest BCUT2D eigenvalue weighted by molar-refractivity contribution is 5.67. The first kappa shape index (κ1) is 11.9. The summed E-state index contributed by atoms with van der Waals surface area (Å²) in [6.45, 7) is 3.74. The second-order valence-corrected chi connectivity index (χ2v) is 4.19. The maximum Gasteiger partial charge on any atom is 0.409 e. The summed E-state index contributed by atoms with van der Waals surface area (Å²) in [4.78, 5) is 13.1. The minimum Gasteiger partial charge on any atom is -0.453 e. The quantitative estimate of drug-likeness (QED) is 0.748. The number of ether oxygens (including phenoxy) is 2. The Balaban J connectivity index is 2.06. The van der Waals surface area contributed by atoms with Gasteiger partial charge in [0.15, 0.2) is 0 Å². The van der Waals surface area contributed by atoms with Crippen LogP contribution in [0.15, 0.2) is 24.3 Å². The van der Waals surface area contributed by atoms with E-state index in [9.17, 15) is 4.79 Å². The molecule has 1 heterocycles. The van der Waals surface area contributed by atoms with Crippen molar-refractivity contribution in [1.82, 2.24) is 4.90 Å². The van der Waals surface area contributed by atoms with Crippen LogP contribution in [0.1, 0.15) is 17.2 Å². The molecule has 1 aromatic carbocycles. The summed E-state index contributed by atoms with van der Waals surface area (Å²) in [6.07, 6.45) is -0.339. The van der Waals surface area contributed by atoms with E-state index in [1.807, 2.05) is 19.1 Å². The fraction of sp³-hybridized carbons (Fsp3) is 0.462. The van der Waals surface area contributed by atoms with Gasteiger partial charge in [-0.1, -0.05) is 29.8 Å². The molecule has 1 unspecified atom stereocenters. The third-order valence-electron chi connectivity index (χ3n) is 2.95. The molecule has 1 aliphatic heterocycles. The van der Waals surface area contributed by atoms with E-state index in [1.54, 1.807) is 4.90 Å². The maximum atomic E-state index is 11.4. The topological polar surface area (TPSA) is 38.8 Å². The van der Waals surface area contributed by atoms with Gasteiger partial charge in [-0.2, -0.15) is 0 Å². The lowest BCUT2D eigenvalue weighted by Crippen LogP contribution is -2.42. The number of carbonyl (C=O) groups excluding carboxylic acids is 1. The number of benzene rings is 1. The normalized spacial score (nSPS) is 20.1. The molecule has 4 heteroatoms. The minimum absolute atomic E-state index is 0.0524. The van der Waals surface area contributed by atoms with Gasteiger partial charge in [-0.15, -0.1) is 0 Å². The molecule has 1 saturated heterocycles. The molecule has 2 rings (SSSR count). The van der Waals surface area contributed by atoms with Gasteiger partial charge in [0.05, 0.1) is 20.3 Å². The van der Waals surface area contributed by atoms with Crippen molar-refractivity contribution in [3.05, 3.63) is 35.4 Å². The molecule has 92 valence electrons. The Labute approximate surface area is 101 Å². The van der Waals surface area contributed by atoms with Gasteiger partial charge in [0.2, 0.25) is 0 Å². The van der Waals surface area contributed by atoms with E-state index in [0.29, 0.717) is 19.7 Å². The third-order valence-corrected chi connectivity index (χ3v) is 2.95. The summed E-state index contributed by atoms with van der Waals surface area (Å²) in [5.41, 5.74) is 2.32. The van der Waals surface area contributed by atoms with Gasteiger partial charge in [0.25, 0.3) is 0 Å². The molecule has 4 nitrogen and oxygen atoms in total. The summed E-state index contributed by atoms with van der Waals surface area (Å²) in [5.74, 6) is 0. The van der Waals surface area contributed by atoms with Gasteiger partial charge in [0, 0.05) is 6.54 Å². The summed E-state index contributed by atoms with van der Waals surface area (Å²) >= 11 is 0. The lowest BCUT2D eigenvalue weighted by atomic mass is 10.1. The average molecular weight is 235 g/mol. The molecule has 0 aliphatic carbocycles. The number of morpholine rings is 1.